The summed E-state index contributed by atoms with van der Waals surface area (Å²) in [7, 11) is 0. The van der Waals surface area contributed by atoms with E-state index in [4.69, 9.17) is 0 Å². The van der Waals surface area contributed by atoms with Crippen LogP contribution >= 0.6 is 0 Å². The van der Waals surface area contributed by atoms with Crippen LogP contribution in [0, 0.1) is 6.92 Å². The summed E-state index contributed by atoms with van der Waals surface area (Å²) in [5.41, 5.74) is 1.32. The molecule has 0 nitrogen and oxygen atoms in total. The molecule has 0 amide bonds. The highest BCUT2D eigenvalue weighted by atomic mass is 13.8. The second kappa shape index (κ2) is 17.1. The molecule has 0 atom stereocenters. The first-order valence-electron chi connectivity index (χ1n) is 6.64. The number of rotatable bonds is 0. The van der Waals surface area contributed by atoms with E-state index in [0.29, 0.717) is 0 Å². The molecule has 0 fully saturated rings. The zero-order valence-corrected chi connectivity index (χ0v) is 12.1. The van der Waals surface area contributed by atoms with Crippen molar-refractivity contribution in [2.75, 3.05) is 0 Å². The van der Waals surface area contributed by atoms with Gasteiger partial charge in [-0.2, -0.15) is 0 Å². The summed E-state index contributed by atoms with van der Waals surface area (Å²) in [5.74, 6) is 0. The second-order valence-corrected chi connectivity index (χ2v) is 3.45. The largest absolute Gasteiger partial charge is 0.0808 e. The quantitative estimate of drug-likeness (QED) is 0.519. The molecule has 96 valence electrons. The lowest BCUT2D eigenvalue weighted by molar-refractivity contribution is 1.09. The van der Waals surface area contributed by atoms with E-state index in [9.17, 15) is 0 Å². The lowest BCUT2D eigenvalue weighted by atomic mass is 10.2. The number of hydrogen-bond donors (Lipinski definition) is 0. The zero-order valence-electron chi connectivity index (χ0n) is 12.1. The Morgan fingerprint density at radius 3 is 1.47 bits per heavy atom. The van der Waals surface area contributed by atoms with Gasteiger partial charge in [0, 0.05) is 0 Å². The van der Waals surface area contributed by atoms with Crippen molar-refractivity contribution in [3.63, 3.8) is 0 Å². The molecule has 0 aliphatic heterocycles. The molecule has 1 aromatic carbocycles. The van der Waals surface area contributed by atoms with E-state index in [0.717, 1.165) is 6.42 Å². The Kier molecular flexibility index (Phi) is 18.2. The third-order valence-electron chi connectivity index (χ3n) is 1.60. The van der Waals surface area contributed by atoms with Crippen LogP contribution in [-0.2, 0) is 0 Å². The van der Waals surface area contributed by atoms with Gasteiger partial charge in [0.2, 0.25) is 0 Å². The normalized spacial score (nSPS) is 10.2. The van der Waals surface area contributed by atoms with Crippen molar-refractivity contribution < 1.29 is 0 Å². The van der Waals surface area contributed by atoms with Gasteiger partial charge in [-0.05, 0) is 13.3 Å². The van der Waals surface area contributed by atoms with Crippen LogP contribution in [0.4, 0.5) is 0 Å². The van der Waals surface area contributed by atoms with Crippen LogP contribution < -0.4 is 0 Å². The summed E-state index contributed by atoms with van der Waals surface area (Å²) in [6, 6.07) is 10.3. The van der Waals surface area contributed by atoms with Gasteiger partial charge in [-0.1, -0.05) is 94.3 Å². The van der Waals surface area contributed by atoms with Crippen LogP contribution in [0.1, 0.15) is 46.1 Å². The van der Waals surface area contributed by atoms with Crippen molar-refractivity contribution in [3.8, 4) is 0 Å². The minimum atomic E-state index is 1.14. The molecule has 0 unspecified atom stereocenters. The predicted octanol–water partition coefficient (Wildman–Crippen LogP) is 5.94. The van der Waals surface area contributed by atoms with E-state index in [1.165, 1.54) is 12.0 Å². The van der Waals surface area contributed by atoms with E-state index in [-0.39, 0.29) is 0 Å². The monoisotopic (exact) mass is 232 g/mol. The molecule has 0 aromatic heterocycles. The molecule has 0 bridgehead atoms. The molecule has 17 heavy (non-hydrogen) atoms. The Labute approximate surface area is 108 Å². The van der Waals surface area contributed by atoms with Crippen LogP contribution in [0.2, 0.25) is 0 Å². The summed E-state index contributed by atoms with van der Waals surface area (Å²) in [6.07, 6.45) is 10.8. The maximum atomic E-state index is 2.12. The van der Waals surface area contributed by atoms with E-state index in [2.05, 4.69) is 57.2 Å². The fourth-order valence-corrected chi connectivity index (χ4v) is 0.927. The number of hydrogen-bond acceptors (Lipinski definition) is 0. The van der Waals surface area contributed by atoms with Gasteiger partial charge in [0.25, 0.3) is 0 Å². The number of benzene rings is 1. The van der Waals surface area contributed by atoms with Gasteiger partial charge in [-0.25, -0.2) is 0 Å². The van der Waals surface area contributed by atoms with Crippen LogP contribution in [-0.4, -0.2) is 0 Å². The molecule has 1 aliphatic rings. The molecule has 2 rings (SSSR count). The second-order valence-electron chi connectivity index (χ2n) is 3.45. The standard InChI is InChI=1S/C7H8.C5H6.C3H8.C2H6/c1-7-5-3-2-4-6-7;1-2-4-5-3-1;1-3-2;1-2/h2-6H,1H3;1-4H,5H2;3H2,1-2H3;1-2H3. The Morgan fingerprint density at radius 1 is 0.882 bits per heavy atom. The molecular weight excluding hydrogens is 204 g/mol. The van der Waals surface area contributed by atoms with Gasteiger partial charge >= 0.3 is 0 Å². The fourth-order valence-electron chi connectivity index (χ4n) is 0.927. The Hall–Kier alpha value is -1.30. The van der Waals surface area contributed by atoms with Gasteiger partial charge in [0.15, 0.2) is 0 Å². The molecule has 0 spiro atoms. The van der Waals surface area contributed by atoms with Crippen molar-refractivity contribution in [2.24, 2.45) is 0 Å². The van der Waals surface area contributed by atoms with Crippen molar-refractivity contribution in [1.82, 2.24) is 0 Å². The molecular formula is C17H28. The van der Waals surface area contributed by atoms with Crippen molar-refractivity contribution in [1.29, 1.82) is 0 Å². The summed E-state index contributed by atoms with van der Waals surface area (Å²) in [4.78, 5) is 0. The Bertz CT molecular complexity index is 257. The fraction of sp³-hybridized carbons (Fsp3) is 0.412. The summed E-state index contributed by atoms with van der Waals surface area (Å²) in [5, 5.41) is 0. The number of aryl methyl sites for hydroxylation is 1. The first kappa shape index (κ1) is 18.1. The third kappa shape index (κ3) is 17.3. The smallest absolute Gasteiger partial charge is 0.0163 e. The van der Waals surface area contributed by atoms with Crippen LogP contribution in [0.15, 0.2) is 54.6 Å². The Morgan fingerprint density at radius 2 is 1.29 bits per heavy atom. The van der Waals surface area contributed by atoms with E-state index in [1.54, 1.807) is 0 Å². The predicted molar refractivity (Wildman–Crippen MR) is 81.4 cm³/mol. The van der Waals surface area contributed by atoms with Crippen LogP contribution in [0.5, 0.6) is 0 Å². The van der Waals surface area contributed by atoms with E-state index >= 15 is 0 Å². The minimum absolute atomic E-state index is 1.14. The molecule has 0 saturated carbocycles. The number of allylic oxidation sites excluding steroid dienone is 4. The summed E-state index contributed by atoms with van der Waals surface area (Å²) in [6.45, 7) is 10.3. The maximum Gasteiger partial charge on any atom is -0.0163 e. The first-order chi connectivity index (χ1) is 8.31. The summed E-state index contributed by atoms with van der Waals surface area (Å²) >= 11 is 0. The molecule has 1 aromatic rings. The van der Waals surface area contributed by atoms with Gasteiger partial charge in [0.05, 0.1) is 0 Å². The van der Waals surface area contributed by atoms with E-state index < -0.39 is 0 Å². The SMILES string of the molecule is C1=CCC=C1.CC.CCC.Cc1ccccc1. The summed E-state index contributed by atoms with van der Waals surface area (Å²) < 4.78 is 0. The minimum Gasteiger partial charge on any atom is -0.0808 e. The lowest BCUT2D eigenvalue weighted by Crippen LogP contribution is -1.62. The Balaban J connectivity index is 0. The highest BCUT2D eigenvalue weighted by molar-refractivity contribution is 5.12. The van der Waals surface area contributed by atoms with Crippen LogP contribution in [0.3, 0.4) is 0 Å². The maximum absolute atomic E-state index is 2.12. The lowest BCUT2D eigenvalue weighted by Gasteiger charge is -1.82. The zero-order chi connectivity index (χ0) is 13.4. The molecule has 0 heterocycles. The molecule has 0 radical (unpaired) electrons. The third-order valence-corrected chi connectivity index (χ3v) is 1.60. The van der Waals surface area contributed by atoms with E-state index in [1.807, 2.05) is 32.0 Å². The molecule has 0 N–H and O–H groups in total. The average Bonchev–Trinajstić information content (AvgIpc) is 2.92. The van der Waals surface area contributed by atoms with Crippen molar-refractivity contribution in [2.45, 2.75) is 47.5 Å². The molecule has 1 aliphatic carbocycles. The first-order valence-corrected chi connectivity index (χ1v) is 6.64. The van der Waals surface area contributed by atoms with Crippen molar-refractivity contribution >= 4 is 0 Å². The highest BCUT2D eigenvalue weighted by Crippen LogP contribution is 1.93. The molecule has 0 saturated heterocycles. The van der Waals surface area contributed by atoms with Gasteiger partial charge in [0.1, 0.15) is 0 Å². The van der Waals surface area contributed by atoms with Gasteiger partial charge in [-0.3, -0.25) is 0 Å². The average molecular weight is 232 g/mol. The highest BCUT2D eigenvalue weighted by Gasteiger charge is 1.72. The van der Waals surface area contributed by atoms with Gasteiger partial charge in [-0.15, -0.1) is 0 Å². The van der Waals surface area contributed by atoms with Crippen LogP contribution in [0.25, 0.3) is 0 Å². The topological polar surface area (TPSA) is 0 Å². The molecule has 0 heteroatoms. The van der Waals surface area contributed by atoms with Crippen molar-refractivity contribution in [3.05, 3.63) is 60.2 Å². The van der Waals surface area contributed by atoms with Gasteiger partial charge < -0.3 is 0 Å².